The molecular formula is C25H27F2N5O6S. The van der Waals surface area contributed by atoms with E-state index < -0.39 is 35.6 Å². The maximum Gasteiger partial charge on any atom is 0.413 e. The molecule has 11 nitrogen and oxygen atoms in total. The van der Waals surface area contributed by atoms with E-state index in [4.69, 9.17) is 14.6 Å². The summed E-state index contributed by atoms with van der Waals surface area (Å²) in [5, 5.41) is 21.3. The molecule has 0 aliphatic carbocycles. The normalized spacial score (nSPS) is 11.5. The number of amides is 2. The Morgan fingerprint density at radius 2 is 1.87 bits per heavy atom. The molecule has 0 saturated carbocycles. The molecule has 3 N–H and O–H groups in total. The zero-order chi connectivity index (χ0) is 28.4. The Bertz CT molecular complexity index is 1290. The van der Waals surface area contributed by atoms with Crippen LogP contribution in [-0.4, -0.2) is 58.0 Å². The Balaban J connectivity index is 1.63. The number of halogens is 2. The van der Waals surface area contributed by atoms with Crippen LogP contribution >= 0.6 is 11.3 Å². The lowest BCUT2D eigenvalue weighted by Gasteiger charge is -2.31. The molecule has 1 aromatic heterocycles. The molecular weight excluding hydrogens is 536 g/mol. The first-order valence-electron chi connectivity index (χ1n) is 11.8. The van der Waals surface area contributed by atoms with Crippen LogP contribution in [0.3, 0.4) is 0 Å². The van der Waals surface area contributed by atoms with Gasteiger partial charge in [0.25, 0.3) is 0 Å². The van der Waals surface area contributed by atoms with Gasteiger partial charge < -0.3 is 14.6 Å². The van der Waals surface area contributed by atoms with Gasteiger partial charge >= 0.3 is 12.1 Å². The van der Waals surface area contributed by atoms with Gasteiger partial charge in [0.1, 0.15) is 17.4 Å². The average molecular weight is 564 g/mol. The van der Waals surface area contributed by atoms with Crippen molar-refractivity contribution in [1.82, 2.24) is 20.6 Å². The number of rotatable bonds is 13. The van der Waals surface area contributed by atoms with Crippen molar-refractivity contribution in [3.05, 3.63) is 59.7 Å². The second-order valence-electron chi connectivity index (χ2n) is 8.24. The van der Waals surface area contributed by atoms with E-state index in [2.05, 4.69) is 20.9 Å². The molecule has 0 radical (unpaired) electrons. The number of carbonyl (C=O) groups is 3. The van der Waals surface area contributed by atoms with Gasteiger partial charge in [-0.25, -0.2) is 19.0 Å². The maximum atomic E-state index is 14.1. The molecule has 1 heterocycles. The standard InChI is InChI=1S/C25H27F2N5O6S/c1-15(33)32(28-13-17-5-3-7-20(26)22(17)27)18(6-4-8-21(34)35)14-38-25(36)29-24-31-30-23(39-24)16-9-11-19(37-2)12-10-16/h3,5,7,9-12,18,28H,4,6,8,13-14H2,1-2H3,(H,34,35)(H,29,31,36)/t18-/m0/s1. The van der Waals surface area contributed by atoms with E-state index in [0.717, 1.165) is 28.0 Å². The SMILES string of the molecule is COc1ccc(-c2nnc(NC(=O)OC[C@H](CCCC(=O)O)N(NCc3cccc(F)c3F)C(C)=O)s2)cc1. The monoisotopic (exact) mass is 563 g/mol. The number of anilines is 1. The number of hydrazine groups is 1. The van der Waals surface area contributed by atoms with Crippen molar-refractivity contribution in [3.63, 3.8) is 0 Å². The van der Waals surface area contributed by atoms with Gasteiger partial charge in [0, 0.05) is 31.0 Å². The fraction of sp³-hybridized carbons (Fsp3) is 0.320. The van der Waals surface area contributed by atoms with Crippen molar-refractivity contribution in [3.8, 4) is 16.3 Å². The fourth-order valence-electron chi connectivity index (χ4n) is 3.55. The third-order valence-corrected chi connectivity index (χ3v) is 6.37. The smallest absolute Gasteiger partial charge is 0.413 e. The highest BCUT2D eigenvalue weighted by Crippen LogP contribution is 2.27. The van der Waals surface area contributed by atoms with Crippen LogP contribution in [0.4, 0.5) is 18.7 Å². The van der Waals surface area contributed by atoms with Gasteiger partial charge in [-0.3, -0.25) is 19.9 Å². The van der Waals surface area contributed by atoms with Crippen LogP contribution in [0.25, 0.3) is 10.6 Å². The Labute approximate surface area is 226 Å². The molecule has 3 rings (SSSR count). The molecule has 0 fully saturated rings. The van der Waals surface area contributed by atoms with Gasteiger partial charge in [0.05, 0.1) is 13.2 Å². The zero-order valence-corrected chi connectivity index (χ0v) is 22.0. The van der Waals surface area contributed by atoms with E-state index in [1.54, 1.807) is 31.4 Å². The van der Waals surface area contributed by atoms with E-state index in [0.29, 0.717) is 10.8 Å². The first-order valence-corrected chi connectivity index (χ1v) is 12.6. The average Bonchev–Trinajstić information content (AvgIpc) is 3.37. The second kappa shape index (κ2) is 14.1. The van der Waals surface area contributed by atoms with Crippen LogP contribution < -0.4 is 15.5 Å². The van der Waals surface area contributed by atoms with Crippen LogP contribution in [0.2, 0.25) is 0 Å². The summed E-state index contributed by atoms with van der Waals surface area (Å²) in [6, 6.07) is 9.98. The maximum absolute atomic E-state index is 14.1. The number of benzene rings is 2. The molecule has 0 saturated heterocycles. The Morgan fingerprint density at radius 3 is 2.54 bits per heavy atom. The van der Waals surface area contributed by atoms with Gasteiger partial charge in [-0.2, -0.15) is 0 Å². The van der Waals surface area contributed by atoms with Crippen LogP contribution in [0.1, 0.15) is 31.7 Å². The van der Waals surface area contributed by atoms with E-state index in [9.17, 15) is 23.2 Å². The number of carboxylic acids is 1. The predicted octanol–water partition coefficient (Wildman–Crippen LogP) is 4.22. The minimum atomic E-state index is -1.06. The molecule has 208 valence electrons. The first kappa shape index (κ1) is 29.4. The quantitative estimate of drug-likeness (QED) is 0.261. The Hall–Kier alpha value is -4.17. The number of nitrogens with one attached hydrogen (secondary N) is 2. The van der Waals surface area contributed by atoms with Crippen LogP contribution in [0.15, 0.2) is 42.5 Å². The number of aromatic nitrogens is 2. The molecule has 0 aliphatic rings. The zero-order valence-electron chi connectivity index (χ0n) is 21.1. The van der Waals surface area contributed by atoms with Crippen molar-refractivity contribution in [2.75, 3.05) is 19.0 Å². The molecule has 39 heavy (non-hydrogen) atoms. The molecule has 0 bridgehead atoms. The van der Waals surface area contributed by atoms with E-state index >= 15 is 0 Å². The van der Waals surface area contributed by atoms with Gasteiger partial charge in [0.2, 0.25) is 11.0 Å². The topological polar surface area (TPSA) is 143 Å². The van der Waals surface area contributed by atoms with E-state index in [1.807, 2.05) is 0 Å². The molecule has 2 amide bonds. The summed E-state index contributed by atoms with van der Waals surface area (Å²) in [5.41, 5.74) is 3.48. The second-order valence-corrected chi connectivity index (χ2v) is 9.22. The molecule has 0 spiro atoms. The lowest BCUT2D eigenvalue weighted by molar-refractivity contribution is -0.137. The summed E-state index contributed by atoms with van der Waals surface area (Å²) in [6.07, 6.45) is -0.716. The highest BCUT2D eigenvalue weighted by atomic mass is 32.1. The number of hydrogen-bond acceptors (Lipinski definition) is 9. The summed E-state index contributed by atoms with van der Waals surface area (Å²) in [7, 11) is 1.56. The lowest BCUT2D eigenvalue weighted by atomic mass is 10.1. The van der Waals surface area contributed by atoms with Gasteiger partial charge in [-0.05, 0) is 43.2 Å². The molecule has 1 atom stereocenters. The highest BCUT2D eigenvalue weighted by molar-refractivity contribution is 7.18. The third-order valence-electron chi connectivity index (χ3n) is 5.48. The van der Waals surface area contributed by atoms with Crippen LogP contribution in [0, 0.1) is 11.6 Å². The lowest BCUT2D eigenvalue weighted by Crippen LogP contribution is -2.50. The summed E-state index contributed by atoms with van der Waals surface area (Å²) in [6.45, 7) is 0.693. The predicted molar refractivity (Wildman–Crippen MR) is 138 cm³/mol. The largest absolute Gasteiger partial charge is 0.497 e. The summed E-state index contributed by atoms with van der Waals surface area (Å²) >= 11 is 1.12. The van der Waals surface area contributed by atoms with E-state index in [-0.39, 0.29) is 43.1 Å². The van der Waals surface area contributed by atoms with E-state index in [1.165, 1.54) is 19.1 Å². The first-order chi connectivity index (χ1) is 18.7. The van der Waals surface area contributed by atoms with Gasteiger partial charge in [-0.15, -0.1) is 10.2 Å². The number of carboxylic acid groups (broad SMARTS) is 1. The summed E-state index contributed by atoms with van der Waals surface area (Å²) < 4.78 is 38.1. The molecule has 0 aliphatic heterocycles. The third kappa shape index (κ3) is 8.68. The van der Waals surface area contributed by atoms with Crippen LogP contribution in [0.5, 0.6) is 5.75 Å². The molecule has 2 aromatic carbocycles. The fourth-order valence-corrected chi connectivity index (χ4v) is 4.28. The van der Waals surface area contributed by atoms with Crippen molar-refractivity contribution in [1.29, 1.82) is 0 Å². The minimum absolute atomic E-state index is 0.0202. The minimum Gasteiger partial charge on any atom is -0.497 e. The van der Waals surface area contributed by atoms with Gasteiger partial charge in [-0.1, -0.05) is 23.5 Å². The summed E-state index contributed by atoms with van der Waals surface area (Å²) in [5.74, 6) is -2.94. The van der Waals surface area contributed by atoms with Crippen molar-refractivity contribution >= 4 is 34.4 Å². The van der Waals surface area contributed by atoms with Crippen molar-refractivity contribution in [2.45, 2.75) is 38.8 Å². The number of hydrogen-bond donors (Lipinski definition) is 3. The van der Waals surface area contributed by atoms with Crippen molar-refractivity contribution in [2.24, 2.45) is 0 Å². The number of aliphatic carboxylic acids is 1. The van der Waals surface area contributed by atoms with Crippen molar-refractivity contribution < 1.29 is 37.7 Å². The highest BCUT2D eigenvalue weighted by Gasteiger charge is 2.24. The number of methoxy groups -OCH3 is 1. The molecule has 14 heteroatoms. The van der Waals surface area contributed by atoms with Gasteiger partial charge in [0.15, 0.2) is 11.6 Å². The number of nitrogens with zero attached hydrogens (tertiary/aromatic N) is 3. The van der Waals surface area contributed by atoms with Crippen LogP contribution in [-0.2, 0) is 20.9 Å². The summed E-state index contributed by atoms with van der Waals surface area (Å²) in [4.78, 5) is 35.8. The molecule has 0 unspecified atom stereocenters. The Morgan fingerprint density at radius 1 is 1.13 bits per heavy atom. The number of ether oxygens (including phenoxy) is 2. The Kier molecular flexibility index (Phi) is 10.6. The number of carbonyl (C=O) groups excluding carboxylic acids is 2. The molecule has 3 aromatic rings.